The van der Waals surface area contributed by atoms with E-state index in [1.165, 1.54) is 11.8 Å². The third-order valence-electron chi connectivity index (χ3n) is 5.07. The van der Waals surface area contributed by atoms with E-state index in [2.05, 4.69) is 17.4 Å². The minimum absolute atomic E-state index is 0.0337. The molecule has 0 saturated heterocycles. The summed E-state index contributed by atoms with van der Waals surface area (Å²) in [6.45, 7) is 6.16. The zero-order valence-electron chi connectivity index (χ0n) is 18.4. The first-order valence-corrected chi connectivity index (χ1v) is 11.5. The third kappa shape index (κ3) is 5.91. The molecule has 3 aromatic rings. The monoisotopic (exact) mass is 443 g/mol. The number of aromatic nitrogens is 1. The number of amides is 2. The number of benzene rings is 1. The van der Waals surface area contributed by atoms with E-state index in [9.17, 15) is 9.59 Å². The Morgan fingerprint density at radius 1 is 1.29 bits per heavy atom. The van der Waals surface area contributed by atoms with Crippen LogP contribution in [0.1, 0.15) is 43.8 Å². The van der Waals surface area contributed by atoms with E-state index in [0.29, 0.717) is 18.1 Å². The first-order valence-electron chi connectivity index (χ1n) is 10.5. The van der Waals surface area contributed by atoms with E-state index < -0.39 is 5.25 Å². The van der Waals surface area contributed by atoms with Gasteiger partial charge in [-0.25, -0.2) is 0 Å². The Bertz CT molecular complexity index is 1040. The lowest BCUT2D eigenvalue weighted by molar-refractivity contribution is -0.127. The first-order chi connectivity index (χ1) is 14.9. The number of fused-ring (bicyclic) bond motifs is 1. The van der Waals surface area contributed by atoms with E-state index in [1.807, 2.05) is 24.3 Å². The van der Waals surface area contributed by atoms with E-state index >= 15 is 0 Å². The molecule has 0 bridgehead atoms. The average Bonchev–Trinajstić information content (AvgIpc) is 3.33. The minimum Gasteiger partial charge on any atom is -0.461 e. The maximum Gasteiger partial charge on any atom is 0.238 e. The van der Waals surface area contributed by atoms with Crippen LogP contribution in [0.2, 0.25) is 0 Å². The first kappa shape index (κ1) is 22.9. The fourth-order valence-electron chi connectivity index (χ4n) is 3.22. The lowest BCUT2D eigenvalue weighted by atomic mass is 10.1. The molecule has 31 heavy (non-hydrogen) atoms. The minimum atomic E-state index is -0.399. The van der Waals surface area contributed by atoms with Crippen molar-refractivity contribution in [3.8, 4) is 0 Å². The van der Waals surface area contributed by atoms with Gasteiger partial charge in [-0.1, -0.05) is 36.7 Å². The van der Waals surface area contributed by atoms with Crippen LogP contribution in [0.3, 0.4) is 0 Å². The Morgan fingerprint density at radius 2 is 2.06 bits per heavy atom. The maximum atomic E-state index is 12.7. The van der Waals surface area contributed by atoms with Gasteiger partial charge in [0.15, 0.2) is 5.82 Å². The normalized spacial score (nSPS) is 12.1. The van der Waals surface area contributed by atoms with Gasteiger partial charge in [0.25, 0.3) is 0 Å². The molecule has 2 aromatic heterocycles. The Hall–Kier alpha value is -2.74. The molecule has 0 aliphatic rings. The highest BCUT2D eigenvalue weighted by molar-refractivity contribution is 8.01. The average molecular weight is 444 g/mol. The summed E-state index contributed by atoms with van der Waals surface area (Å²) < 4.78 is 11.0. The van der Waals surface area contributed by atoms with Gasteiger partial charge in [0.2, 0.25) is 11.8 Å². The van der Waals surface area contributed by atoms with Crippen LogP contribution >= 0.6 is 11.8 Å². The molecule has 8 heteroatoms. The molecule has 1 aromatic carbocycles. The fraction of sp³-hybridized carbons (Fsp3) is 0.435. The van der Waals surface area contributed by atoms with Crippen molar-refractivity contribution in [1.82, 2.24) is 10.1 Å². The van der Waals surface area contributed by atoms with Crippen LogP contribution in [0.25, 0.3) is 11.0 Å². The maximum absolute atomic E-state index is 12.7. The van der Waals surface area contributed by atoms with Gasteiger partial charge in [-0.05, 0) is 26.3 Å². The summed E-state index contributed by atoms with van der Waals surface area (Å²) in [5.74, 6) is 1.92. The number of nitrogens with one attached hydrogen (secondary N) is 1. The summed E-state index contributed by atoms with van der Waals surface area (Å²) >= 11 is 1.30. The summed E-state index contributed by atoms with van der Waals surface area (Å²) in [6, 6.07) is 9.59. The molecule has 1 N–H and O–H groups in total. The summed E-state index contributed by atoms with van der Waals surface area (Å²) in [6.07, 6.45) is 2.98. The molecule has 1 unspecified atom stereocenters. The number of carbonyl (C=O) groups excluding carboxylic acids is 2. The Balaban J connectivity index is 1.58. The highest BCUT2D eigenvalue weighted by Gasteiger charge is 2.21. The zero-order chi connectivity index (χ0) is 22.4. The molecule has 0 spiro atoms. The van der Waals surface area contributed by atoms with Crippen molar-refractivity contribution in [1.29, 1.82) is 0 Å². The SMILES string of the molecule is CCCCc1oc2ccccc2c1CN(C)C(=O)CSC(C)C(=O)Nc1cc(C)on1. The van der Waals surface area contributed by atoms with Gasteiger partial charge in [-0.2, -0.15) is 0 Å². The molecule has 0 radical (unpaired) electrons. The van der Waals surface area contributed by atoms with Gasteiger partial charge < -0.3 is 19.2 Å². The van der Waals surface area contributed by atoms with Crippen LogP contribution in [0, 0.1) is 6.92 Å². The quantitative estimate of drug-likeness (QED) is 0.485. The van der Waals surface area contributed by atoms with Crippen LogP contribution in [-0.2, 0) is 22.6 Å². The van der Waals surface area contributed by atoms with Crippen molar-refractivity contribution < 1.29 is 18.5 Å². The van der Waals surface area contributed by atoms with Crippen molar-refractivity contribution in [3.63, 3.8) is 0 Å². The molecule has 0 fully saturated rings. The van der Waals surface area contributed by atoms with Gasteiger partial charge in [-0.15, -0.1) is 11.8 Å². The van der Waals surface area contributed by atoms with Crippen LogP contribution in [-0.4, -0.2) is 39.9 Å². The van der Waals surface area contributed by atoms with Gasteiger partial charge in [0.1, 0.15) is 17.1 Å². The highest BCUT2D eigenvalue weighted by atomic mass is 32.2. The van der Waals surface area contributed by atoms with E-state index in [1.54, 1.807) is 31.9 Å². The summed E-state index contributed by atoms with van der Waals surface area (Å²) in [5.41, 5.74) is 1.92. The van der Waals surface area contributed by atoms with Crippen molar-refractivity contribution in [2.75, 3.05) is 18.1 Å². The van der Waals surface area contributed by atoms with Gasteiger partial charge in [0, 0.05) is 37.0 Å². The van der Waals surface area contributed by atoms with Crippen molar-refractivity contribution in [2.24, 2.45) is 0 Å². The topological polar surface area (TPSA) is 88.6 Å². The van der Waals surface area contributed by atoms with Crippen molar-refractivity contribution >= 4 is 40.4 Å². The van der Waals surface area contributed by atoms with Crippen LogP contribution in [0.4, 0.5) is 5.82 Å². The molecule has 1 atom stereocenters. The molecular weight excluding hydrogens is 414 g/mol. The molecule has 0 aliphatic heterocycles. The molecule has 3 rings (SSSR count). The molecule has 7 nitrogen and oxygen atoms in total. The number of hydrogen-bond acceptors (Lipinski definition) is 6. The molecule has 2 heterocycles. The van der Waals surface area contributed by atoms with Gasteiger partial charge in [-0.3, -0.25) is 9.59 Å². The zero-order valence-corrected chi connectivity index (χ0v) is 19.3. The summed E-state index contributed by atoms with van der Waals surface area (Å²) in [7, 11) is 1.79. The summed E-state index contributed by atoms with van der Waals surface area (Å²) in [5, 5.41) is 7.11. The van der Waals surface area contributed by atoms with Gasteiger partial charge in [0.05, 0.1) is 11.0 Å². The van der Waals surface area contributed by atoms with Crippen molar-refractivity contribution in [2.45, 2.75) is 51.8 Å². The highest BCUT2D eigenvalue weighted by Crippen LogP contribution is 2.28. The molecule has 0 aliphatic carbocycles. The van der Waals surface area contributed by atoms with E-state index in [4.69, 9.17) is 8.94 Å². The largest absolute Gasteiger partial charge is 0.461 e. The van der Waals surface area contributed by atoms with E-state index in [0.717, 1.165) is 41.6 Å². The van der Waals surface area contributed by atoms with Crippen LogP contribution in [0.5, 0.6) is 0 Å². The smallest absolute Gasteiger partial charge is 0.238 e. The predicted molar refractivity (Wildman–Crippen MR) is 123 cm³/mol. The molecule has 166 valence electrons. The number of aryl methyl sites for hydroxylation is 2. The van der Waals surface area contributed by atoms with Crippen LogP contribution < -0.4 is 5.32 Å². The van der Waals surface area contributed by atoms with E-state index in [-0.39, 0.29) is 17.6 Å². The van der Waals surface area contributed by atoms with Gasteiger partial charge >= 0.3 is 0 Å². The number of furan rings is 1. The number of rotatable bonds is 10. The Kier molecular flexibility index (Phi) is 7.79. The number of anilines is 1. The van der Waals surface area contributed by atoms with Crippen LogP contribution in [0.15, 0.2) is 39.3 Å². The lowest BCUT2D eigenvalue weighted by Crippen LogP contribution is -2.30. The number of thioether (sulfide) groups is 1. The molecular formula is C23H29N3O4S. The molecule has 2 amide bonds. The Morgan fingerprint density at radius 3 is 2.77 bits per heavy atom. The number of para-hydroxylation sites is 1. The second-order valence-electron chi connectivity index (χ2n) is 7.62. The second-order valence-corrected chi connectivity index (χ2v) is 8.95. The predicted octanol–water partition coefficient (Wildman–Crippen LogP) is 4.79. The number of unbranched alkanes of at least 4 members (excludes halogenated alkanes) is 1. The number of nitrogens with zero attached hydrogens (tertiary/aromatic N) is 2. The lowest BCUT2D eigenvalue weighted by Gasteiger charge is -2.18. The summed E-state index contributed by atoms with van der Waals surface area (Å²) in [4.78, 5) is 26.7. The van der Waals surface area contributed by atoms with Crippen molar-refractivity contribution in [3.05, 3.63) is 47.4 Å². The molecule has 0 saturated carbocycles. The standard InChI is InChI=1S/C23H29N3O4S/c1-5-6-10-20-18(17-9-7-8-11-19(17)29-20)13-26(4)22(27)14-31-16(3)23(28)24-21-12-15(2)30-25-21/h7-9,11-12,16H,5-6,10,13-14H2,1-4H3,(H,24,25,28). The number of hydrogen-bond donors (Lipinski definition) is 1. The number of carbonyl (C=O) groups is 2. The Labute approximate surface area is 186 Å². The third-order valence-corrected chi connectivity index (χ3v) is 6.19. The fourth-order valence-corrected chi connectivity index (χ4v) is 4.05. The second kappa shape index (κ2) is 10.5.